The van der Waals surface area contributed by atoms with Gasteiger partial charge in [-0.3, -0.25) is 0 Å². The van der Waals surface area contributed by atoms with Crippen molar-refractivity contribution in [2.45, 2.75) is 18.3 Å². The first-order chi connectivity index (χ1) is 6.59. The Morgan fingerprint density at radius 1 is 1.36 bits per heavy atom. The molecule has 0 spiro atoms. The van der Waals surface area contributed by atoms with Gasteiger partial charge in [0.05, 0.1) is 0 Å². The van der Waals surface area contributed by atoms with E-state index >= 15 is 0 Å². The summed E-state index contributed by atoms with van der Waals surface area (Å²) in [6.07, 6.45) is 1.82. The second kappa shape index (κ2) is 2.85. The molecule has 0 bridgehead atoms. The molecule has 0 saturated heterocycles. The van der Waals surface area contributed by atoms with Crippen LogP contribution in [0.2, 0.25) is 0 Å². The van der Waals surface area contributed by atoms with E-state index < -0.39 is 17.3 Å². The molecule has 4 N–H and O–H groups in total. The highest BCUT2D eigenvalue weighted by atomic mass is 19.1. The summed E-state index contributed by atoms with van der Waals surface area (Å²) in [6.45, 7) is 0.441. The van der Waals surface area contributed by atoms with Crippen LogP contribution in [0.25, 0.3) is 0 Å². The van der Waals surface area contributed by atoms with Crippen LogP contribution in [0.15, 0.2) is 12.1 Å². The van der Waals surface area contributed by atoms with Crippen LogP contribution in [0.5, 0.6) is 11.5 Å². The molecule has 0 amide bonds. The largest absolute Gasteiger partial charge is 0.504 e. The van der Waals surface area contributed by atoms with Crippen LogP contribution in [-0.4, -0.2) is 16.8 Å². The molecule has 2 rings (SSSR count). The van der Waals surface area contributed by atoms with E-state index in [1.165, 1.54) is 12.1 Å². The first kappa shape index (κ1) is 9.27. The molecular formula is C10H12FNO2. The lowest BCUT2D eigenvalue weighted by atomic mass is 9.95. The zero-order valence-corrected chi connectivity index (χ0v) is 7.63. The average molecular weight is 197 g/mol. The molecule has 1 aromatic rings. The summed E-state index contributed by atoms with van der Waals surface area (Å²) in [5.74, 6) is -1.90. The van der Waals surface area contributed by atoms with E-state index in [1.54, 1.807) is 0 Å². The fraction of sp³-hybridized carbons (Fsp3) is 0.400. The maximum absolute atomic E-state index is 13.1. The van der Waals surface area contributed by atoms with Crippen LogP contribution in [0.4, 0.5) is 4.39 Å². The summed E-state index contributed by atoms with van der Waals surface area (Å²) in [5.41, 5.74) is 6.07. The van der Waals surface area contributed by atoms with Crippen molar-refractivity contribution < 1.29 is 14.6 Å². The highest BCUT2D eigenvalue weighted by Crippen LogP contribution is 2.49. The molecule has 0 radical (unpaired) electrons. The fourth-order valence-electron chi connectivity index (χ4n) is 1.65. The van der Waals surface area contributed by atoms with Crippen molar-refractivity contribution in [2.75, 3.05) is 6.54 Å². The van der Waals surface area contributed by atoms with Gasteiger partial charge in [0.1, 0.15) is 0 Å². The Labute approximate surface area is 81.0 Å². The number of hydrogen-bond donors (Lipinski definition) is 3. The monoisotopic (exact) mass is 197 g/mol. The summed E-state index contributed by atoms with van der Waals surface area (Å²) >= 11 is 0. The molecule has 0 aliphatic heterocycles. The van der Waals surface area contributed by atoms with Crippen LogP contribution < -0.4 is 5.73 Å². The topological polar surface area (TPSA) is 66.5 Å². The second-order valence-corrected chi connectivity index (χ2v) is 3.81. The third kappa shape index (κ3) is 1.23. The van der Waals surface area contributed by atoms with Crippen LogP contribution >= 0.6 is 0 Å². The van der Waals surface area contributed by atoms with E-state index in [-0.39, 0.29) is 5.41 Å². The second-order valence-electron chi connectivity index (χ2n) is 3.81. The highest BCUT2D eigenvalue weighted by Gasteiger charge is 2.43. The molecule has 3 nitrogen and oxygen atoms in total. The van der Waals surface area contributed by atoms with E-state index in [2.05, 4.69) is 0 Å². The van der Waals surface area contributed by atoms with E-state index in [4.69, 9.17) is 10.8 Å². The maximum atomic E-state index is 13.1. The highest BCUT2D eigenvalue weighted by molar-refractivity contribution is 5.46. The number of nitrogens with two attached hydrogens (primary N) is 1. The summed E-state index contributed by atoms with van der Waals surface area (Å²) in [7, 11) is 0. The lowest BCUT2D eigenvalue weighted by Crippen LogP contribution is -2.19. The van der Waals surface area contributed by atoms with Gasteiger partial charge in [-0.15, -0.1) is 0 Å². The normalized spacial score (nSPS) is 18.1. The molecule has 0 unspecified atom stereocenters. The van der Waals surface area contributed by atoms with Gasteiger partial charge in [-0.25, -0.2) is 4.39 Å². The molecule has 0 atom stereocenters. The Balaban J connectivity index is 2.46. The van der Waals surface area contributed by atoms with E-state index in [9.17, 15) is 9.50 Å². The van der Waals surface area contributed by atoms with Gasteiger partial charge in [0.15, 0.2) is 17.3 Å². The smallest absolute Gasteiger partial charge is 0.194 e. The zero-order chi connectivity index (χ0) is 10.3. The van der Waals surface area contributed by atoms with Gasteiger partial charge in [0.25, 0.3) is 0 Å². The van der Waals surface area contributed by atoms with Crippen LogP contribution in [0.1, 0.15) is 18.4 Å². The quantitative estimate of drug-likeness (QED) is 0.624. The van der Waals surface area contributed by atoms with Crippen molar-refractivity contribution in [3.05, 3.63) is 23.5 Å². The summed E-state index contributed by atoms with van der Waals surface area (Å²) in [5, 5.41) is 18.3. The predicted molar refractivity (Wildman–Crippen MR) is 49.7 cm³/mol. The number of benzene rings is 1. The van der Waals surface area contributed by atoms with Crippen LogP contribution in [-0.2, 0) is 5.41 Å². The fourth-order valence-corrected chi connectivity index (χ4v) is 1.65. The Morgan fingerprint density at radius 3 is 2.43 bits per heavy atom. The molecular weight excluding hydrogens is 185 g/mol. The first-order valence-electron chi connectivity index (χ1n) is 4.51. The number of rotatable bonds is 2. The molecule has 14 heavy (non-hydrogen) atoms. The average Bonchev–Trinajstić information content (AvgIpc) is 2.94. The van der Waals surface area contributed by atoms with Crippen molar-refractivity contribution in [3.63, 3.8) is 0 Å². The van der Waals surface area contributed by atoms with Gasteiger partial charge in [0, 0.05) is 12.0 Å². The van der Waals surface area contributed by atoms with E-state index in [0.717, 1.165) is 12.8 Å². The summed E-state index contributed by atoms with van der Waals surface area (Å²) in [4.78, 5) is 0. The molecule has 0 aromatic heterocycles. The number of hydrogen-bond acceptors (Lipinski definition) is 3. The van der Waals surface area contributed by atoms with E-state index in [0.29, 0.717) is 12.1 Å². The Kier molecular flexibility index (Phi) is 1.89. The third-order valence-corrected chi connectivity index (χ3v) is 2.90. The number of phenolic OH excluding ortho intramolecular Hbond substituents is 2. The van der Waals surface area contributed by atoms with Crippen molar-refractivity contribution >= 4 is 0 Å². The number of halogens is 1. The summed E-state index contributed by atoms with van der Waals surface area (Å²) < 4.78 is 13.1. The summed E-state index contributed by atoms with van der Waals surface area (Å²) in [6, 6.07) is 2.63. The molecule has 1 aliphatic carbocycles. The molecule has 1 saturated carbocycles. The molecule has 4 heteroatoms. The van der Waals surface area contributed by atoms with Crippen molar-refractivity contribution in [3.8, 4) is 11.5 Å². The van der Waals surface area contributed by atoms with Crippen molar-refractivity contribution in [1.29, 1.82) is 0 Å². The predicted octanol–water partition coefficient (Wildman–Crippen LogP) is 1.23. The Bertz CT molecular complexity index is 351. The third-order valence-electron chi connectivity index (χ3n) is 2.90. The number of phenols is 2. The minimum atomic E-state index is -0.792. The van der Waals surface area contributed by atoms with Gasteiger partial charge in [-0.05, 0) is 30.5 Å². The molecule has 76 valence electrons. The van der Waals surface area contributed by atoms with Gasteiger partial charge in [0.2, 0.25) is 0 Å². The minimum Gasteiger partial charge on any atom is -0.504 e. The first-order valence-corrected chi connectivity index (χ1v) is 4.51. The van der Waals surface area contributed by atoms with Crippen LogP contribution in [0.3, 0.4) is 0 Å². The molecule has 1 fully saturated rings. The SMILES string of the molecule is NCC1(c2cc(O)c(O)c(F)c2)CC1. The molecule has 1 aromatic carbocycles. The standard InChI is InChI=1S/C10H12FNO2/c11-7-3-6(4-8(13)9(7)14)10(5-12)1-2-10/h3-4,13-14H,1-2,5,12H2. The number of aromatic hydroxyl groups is 2. The van der Waals surface area contributed by atoms with Gasteiger partial charge in [-0.2, -0.15) is 0 Å². The van der Waals surface area contributed by atoms with Crippen molar-refractivity contribution in [2.24, 2.45) is 5.73 Å². The van der Waals surface area contributed by atoms with Gasteiger partial charge < -0.3 is 15.9 Å². The maximum Gasteiger partial charge on any atom is 0.194 e. The van der Waals surface area contributed by atoms with Gasteiger partial charge in [-0.1, -0.05) is 0 Å². The van der Waals surface area contributed by atoms with Crippen molar-refractivity contribution in [1.82, 2.24) is 0 Å². The zero-order valence-electron chi connectivity index (χ0n) is 7.63. The minimum absolute atomic E-state index is 0.175. The van der Waals surface area contributed by atoms with Gasteiger partial charge >= 0.3 is 0 Å². The lowest BCUT2D eigenvalue weighted by molar-refractivity contribution is 0.377. The van der Waals surface area contributed by atoms with Crippen LogP contribution in [0, 0.1) is 5.82 Å². The molecule has 0 heterocycles. The Hall–Kier alpha value is -1.29. The van der Waals surface area contributed by atoms with E-state index in [1.807, 2.05) is 0 Å². The lowest BCUT2D eigenvalue weighted by Gasteiger charge is -2.13. The Morgan fingerprint density at radius 2 is 2.00 bits per heavy atom. The molecule has 1 aliphatic rings.